The third-order valence-electron chi connectivity index (χ3n) is 0.872. The lowest BCUT2D eigenvalue weighted by Gasteiger charge is -1.86. The van der Waals surface area contributed by atoms with Crippen LogP contribution >= 0.6 is 0 Å². The highest BCUT2D eigenvalue weighted by molar-refractivity contribution is 5.74. The van der Waals surface area contributed by atoms with E-state index in [-0.39, 0.29) is 0 Å². The third kappa shape index (κ3) is 7.34. The van der Waals surface area contributed by atoms with E-state index in [0.29, 0.717) is 6.54 Å². The van der Waals surface area contributed by atoms with E-state index in [1.165, 1.54) is 0 Å². The summed E-state index contributed by atoms with van der Waals surface area (Å²) in [4.78, 5) is 3.76. The number of unbranched alkanes of at least 4 members (excludes halogenated alkanes) is 1. The van der Waals surface area contributed by atoms with Crippen molar-refractivity contribution in [2.75, 3.05) is 6.54 Å². The molecule has 0 aromatic heterocycles. The molecule has 52 valence electrons. The number of halogens is 1. The second-order valence-corrected chi connectivity index (χ2v) is 1.84. The van der Waals surface area contributed by atoms with Gasteiger partial charge < -0.3 is 0 Å². The summed E-state index contributed by atoms with van der Waals surface area (Å²) in [5, 5.41) is 0. The standard InChI is InChI=1S/C7H12FN/c1-3-4-5-9-6-7(2)8/h6H,2-5H2,1H3. The van der Waals surface area contributed by atoms with E-state index in [9.17, 15) is 4.39 Å². The van der Waals surface area contributed by atoms with E-state index >= 15 is 0 Å². The summed E-state index contributed by atoms with van der Waals surface area (Å²) >= 11 is 0. The van der Waals surface area contributed by atoms with Crippen LogP contribution in [0.4, 0.5) is 4.39 Å². The zero-order chi connectivity index (χ0) is 7.11. The van der Waals surface area contributed by atoms with E-state index < -0.39 is 5.83 Å². The van der Waals surface area contributed by atoms with Crippen molar-refractivity contribution < 1.29 is 4.39 Å². The van der Waals surface area contributed by atoms with Crippen LogP contribution in [0.2, 0.25) is 0 Å². The van der Waals surface area contributed by atoms with Crippen molar-refractivity contribution in [3.8, 4) is 0 Å². The first kappa shape index (κ1) is 8.34. The zero-order valence-electron chi connectivity index (χ0n) is 5.73. The van der Waals surface area contributed by atoms with Crippen LogP contribution in [0.5, 0.6) is 0 Å². The van der Waals surface area contributed by atoms with Crippen LogP contribution in [0, 0.1) is 0 Å². The second kappa shape index (κ2) is 5.48. The van der Waals surface area contributed by atoms with Crippen LogP contribution in [0.25, 0.3) is 0 Å². The predicted octanol–water partition coefficient (Wildman–Crippen LogP) is 2.34. The largest absolute Gasteiger partial charge is 0.290 e. The average Bonchev–Trinajstić information content (AvgIpc) is 1.80. The Labute approximate surface area is 55.3 Å². The lowest BCUT2D eigenvalue weighted by Crippen LogP contribution is -1.79. The van der Waals surface area contributed by atoms with Crippen molar-refractivity contribution in [3.63, 3.8) is 0 Å². The Balaban J connectivity index is 3.15. The first-order valence-corrected chi connectivity index (χ1v) is 3.11. The molecule has 0 aliphatic carbocycles. The quantitative estimate of drug-likeness (QED) is 0.408. The minimum Gasteiger partial charge on any atom is -0.290 e. The molecule has 0 saturated carbocycles. The van der Waals surface area contributed by atoms with Crippen molar-refractivity contribution >= 4 is 6.21 Å². The molecule has 0 bridgehead atoms. The summed E-state index contributed by atoms with van der Waals surface area (Å²) in [5.41, 5.74) is 0. The summed E-state index contributed by atoms with van der Waals surface area (Å²) in [5.74, 6) is -0.467. The van der Waals surface area contributed by atoms with Crippen LogP contribution in [0.15, 0.2) is 17.4 Å². The van der Waals surface area contributed by atoms with Crippen LogP contribution in [0.1, 0.15) is 19.8 Å². The minimum atomic E-state index is -0.467. The molecule has 0 atom stereocenters. The van der Waals surface area contributed by atoms with Crippen molar-refractivity contribution in [1.29, 1.82) is 0 Å². The van der Waals surface area contributed by atoms with Gasteiger partial charge in [-0.2, -0.15) is 0 Å². The molecule has 0 unspecified atom stereocenters. The van der Waals surface area contributed by atoms with Crippen molar-refractivity contribution in [1.82, 2.24) is 0 Å². The number of allylic oxidation sites excluding steroid dienone is 1. The molecule has 2 heteroatoms. The van der Waals surface area contributed by atoms with Crippen molar-refractivity contribution in [2.45, 2.75) is 19.8 Å². The topological polar surface area (TPSA) is 12.4 Å². The normalized spacial score (nSPS) is 10.4. The molecule has 0 rings (SSSR count). The van der Waals surface area contributed by atoms with Gasteiger partial charge in [0.1, 0.15) is 5.83 Å². The number of aliphatic imine (C=N–C) groups is 1. The van der Waals surface area contributed by atoms with Crippen molar-refractivity contribution in [3.05, 3.63) is 12.4 Å². The van der Waals surface area contributed by atoms with Gasteiger partial charge in [-0.3, -0.25) is 4.99 Å². The third-order valence-corrected chi connectivity index (χ3v) is 0.872. The van der Waals surface area contributed by atoms with Crippen LogP contribution in [-0.4, -0.2) is 12.8 Å². The summed E-state index contributed by atoms with van der Waals surface area (Å²) < 4.78 is 11.8. The highest BCUT2D eigenvalue weighted by Crippen LogP contribution is 1.88. The van der Waals surface area contributed by atoms with Crippen LogP contribution in [0.3, 0.4) is 0 Å². The molecule has 0 amide bonds. The summed E-state index contributed by atoms with van der Waals surface area (Å²) in [6.07, 6.45) is 3.27. The van der Waals surface area contributed by atoms with Gasteiger partial charge >= 0.3 is 0 Å². The Morgan fingerprint density at radius 2 is 2.44 bits per heavy atom. The van der Waals surface area contributed by atoms with E-state index in [1.54, 1.807) is 0 Å². The maximum absolute atomic E-state index is 11.8. The van der Waals surface area contributed by atoms with Crippen LogP contribution < -0.4 is 0 Å². The number of hydrogen-bond acceptors (Lipinski definition) is 1. The van der Waals surface area contributed by atoms with Crippen LogP contribution in [-0.2, 0) is 0 Å². The molecular formula is C7H12FN. The van der Waals surface area contributed by atoms with E-state index in [4.69, 9.17) is 0 Å². The van der Waals surface area contributed by atoms with Gasteiger partial charge in [-0.15, -0.1) is 0 Å². The number of hydrogen-bond donors (Lipinski definition) is 0. The number of nitrogens with zero attached hydrogens (tertiary/aromatic N) is 1. The molecule has 0 aromatic carbocycles. The molecule has 9 heavy (non-hydrogen) atoms. The van der Waals surface area contributed by atoms with Gasteiger partial charge in [0.15, 0.2) is 0 Å². The fourth-order valence-electron chi connectivity index (χ4n) is 0.413. The Bertz CT molecular complexity index is 107. The lowest BCUT2D eigenvalue weighted by atomic mass is 10.3. The Kier molecular flexibility index (Phi) is 5.07. The lowest BCUT2D eigenvalue weighted by molar-refractivity contribution is 0.688. The van der Waals surface area contributed by atoms with Gasteiger partial charge in [-0.05, 0) is 6.42 Å². The molecule has 0 aliphatic heterocycles. The molecule has 0 aliphatic rings. The Hall–Kier alpha value is -0.660. The highest BCUT2D eigenvalue weighted by atomic mass is 19.1. The van der Waals surface area contributed by atoms with E-state index in [0.717, 1.165) is 19.1 Å². The fourth-order valence-corrected chi connectivity index (χ4v) is 0.413. The summed E-state index contributed by atoms with van der Waals surface area (Å²) in [6, 6.07) is 0. The SMILES string of the molecule is C=C(F)C=NCCCC. The molecule has 0 spiro atoms. The molecule has 0 heterocycles. The first-order valence-electron chi connectivity index (χ1n) is 3.11. The molecule has 0 radical (unpaired) electrons. The second-order valence-electron chi connectivity index (χ2n) is 1.84. The molecule has 0 aromatic rings. The minimum absolute atomic E-state index is 0.467. The molecular weight excluding hydrogens is 117 g/mol. The average molecular weight is 129 g/mol. The predicted molar refractivity (Wildman–Crippen MR) is 38.5 cm³/mol. The summed E-state index contributed by atoms with van der Waals surface area (Å²) in [6.45, 7) is 5.81. The fraction of sp³-hybridized carbons (Fsp3) is 0.571. The van der Waals surface area contributed by atoms with Gasteiger partial charge in [-0.25, -0.2) is 4.39 Å². The smallest absolute Gasteiger partial charge is 0.133 e. The van der Waals surface area contributed by atoms with Gasteiger partial charge in [0.05, 0.1) is 6.21 Å². The van der Waals surface area contributed by atoms with Gasteiger partial charge in [0.2, 0.25) is 0 Å². The van der Waals surface area contributed by atoms with Gasteiger partial charge in [0, 0.05) is 6.54 Å². The highest BCUT2D eigenvalue weighted by Gasteiger charge is 1.79. The molecule has 1 nitrogen and oxygen atoms in total. The first-order chi connectivity index (χ1) is 4.27. The number of rotatable bonds is 4. The summed E-state index contributed by atoms with van der Waals surface area (Å²) in [7, 11) is 0. The van der Waals surface area contributed by atoms with Crippen molar-refractivity contribution in [2.24, 2.45) is 4.99 Å². The zero-order valence-corrected chi connectivity index (χ0v) is 5.73. The maximum atomic E-state index is 11.8. The van der Waals surface area contributed by atoms with E-state index in [2.05, 4.69) is 18.5 Å². The molecule has 0 N–H and O–H groups in total. The van der Waals surface area contributed by atoms with E-state index in [1.807, 2.05) is 0 Å². The Morgan fingerprint density at radius 1 is 1.78 bits per heavy atom. The van der Waals surface area contributed by atoms with Gasteiger partial charge in [-0.1, -0.05) is 19.9 Å². The monoisotopic (exact) mass is 129 g/mol. The Morgan fingerprint density at radius 3 is 2.89 bits per heavy atom. The molecule has 0 saturated heterocycles. The van der Waals surface area contributed by atoms with Gasteiger partial charge in [0.25, 0.3) is 0 Å². The molecule has 0 fully saturated rings. The maximum Gasteiger partial charge on any atom is 0.133 e.